The van der Waals surface area contributed by atoms with Crippen molar-refractivity contribution in [2.75, 3.05) is 30.9 Å². The lowest BCUT2D eigenvalue weighted by Crippen LogP contribution is -2.34. The second-order valence-electron chi connectivity index (χ2n) is 6.69. The topological polar surface area (TPSA) is 38.2 Å². The molecule has 1 aliphatic heterocycles. The summed E-state index contributed by atoms with van der Waals surface area (Å²) in [5.41, 5.74) is 1.02. The van der Waals surface area contributed by atoms with Gasteiger partial charge in [0.2, 0.25) is 5.88 Å². The van der Waals surface area contributed by atoms with E-state index in [2.05, 4.69) is 27.2 Å². The van der Waals surface area contributed by atoms with Crippen LogP contribution < -0.4 is 9.64 Å². The minimum atomic E-state index is -0.281. The van der Waals surface area contributed by atoms with Crippen LogP contribution in [-0.4, -0.2) is 35.9 Å². The third kappa shape index (κ3) is 5.10. The molecule has 2 aromatic heterocycles. The molecule has 0 atom stereocenters. The van der Waals surface area contributed by atoms with E-state index in [1.807, 2.05) is 13.0 Å². The molecule has 1 fully saturated rings. The van der Waals surface area contributed by atoms with Gasteiger partial charge in [-0.25, -0.2) is 14.4 Å². The molecule has 0 aromatic carbocycles. The first-order valence-corrected chi connectivity index (χ1v) is 10.4. The Hall–Kier alpha value is -1.82. The van der Waals surface area contributed by atoms with Crippen LogP contribution in [0.15, 0.2) is 35.4 Å². The molecule has 0 spiro atoms. The fraction of sp³-hybridized carbons (Fsp3) is 0.500. The van der Waals surface area contributed by atoms with Crippen molar-refractivity contribution in [1.82, 2.24) is 9.97 Å². The normalized spacial score (nSPS) is 15.3. The molecule has 0 unspecified atom stereocenters. The maximum absolute atomic E-state index is 13.0. The van der Waals surface area contributed by atoms with Crippen molar-refractivity contribution < 1.29 is 9.13 Å². The molecule has 4 nitrogen and oxygen atoms in total. The van der Waals surface area contributed by atoms with E-state index in [0.717, 1.165) is 55.7 Å². The van der Waals surface area contributed by atoms with Gasteiger partial charge < -0.3 is 9.64 Å². The highest BCUT2D eigenvalue weighted by molar-refractivity contribution is 7.98. The Bertz CT molecular complexity index is 703. The maximum Gasteiger partial charge on any atom is 0.213 e. The van der Waals surface area contributed by atoms with Gasteiger partial charge in [-0.15, -0.1) is 11.8 Å². The average molecular weight is 376 g/mol. The lowest BCUT2D eigenvalue weighted by atomic mass is 9.92. The van der Waals surface area contributed by atoms with Gasteiger partial charge in [-0.3, -0.25) is 0 Å². The molecular formula is C20H26FN3OS. The van der Waals surface area contributed by atoms with Crippen molar-refractivity contribution >= 4 is 17.6 Å². The van der Waals surface area contributed by atoms with E-state index in [1.54, 1.807) is 17.8 Å². The first-order valence-electron chi connectivity index (χ1n) is 9.16. The third-order valence-corrected chi connectivity index (χ3v) is 5.76. The molecule has 0 saturated carbocycles. The summed E-state index contributed by atoms with van der Waals surface area (Å²) in [5.74, 6) is 2.04. The van der Waals surface area contributed by atoms with Crippen molar-refractivity contribution in [3.63, 3.8) is 0 Å². The number of rotatable bonds is 7. The van der Waals surface area contributed by atoms with Crippen LogP contribution in [0, 0.1) is 18.7 Å². The number of pyridine rings is 2. The van der Waals surface area contributed by atoms with Crippen molar-refractivity contribution in [1.29, 1.82) is 0 Å². The second kappa shape index (κ2) is 9.21. The van der Waals surface area contributed by atoms with Crippen LogP contribution in [0.4, 0.5) is 10.2 Å². The summed E-state index contributed by atoms with van der Waals surface area (Å²) in [5, 5.41) is 0. The number of aryl methyl sites for hydroxylation is 1. The van der Waals surface area contributed by atoms with E-state index in [-0.39, 0.29) is 5.82 Å². The highest BCUT2D eigenvalue weighted by Crippen LogP contribution is 2.25. The van der Waals surface area contributed by atoms with E-state index < -0.39 is 0 Å². The summed E-state index contributed by atoms with van der Waals surface area (Å²) in [6.45, 7) is 4.70. The van der Waals surface area contributed by atoms with Gasteiger partial charge in [0.25, 0.3) is 0 Å². The van der Waals surface area contributed by atoms with E-state index >= 15 is 0 Å². The Balaban J connectivity index is 1.36. The van der Waals surface area contributed by atoms with Crippen LogP contribution in [0.1, 0.15) is 31.4 Å². The van der Waals surface area contributed by atoms with Gasteiger partial charge >= 0.3 is 0 Å². The minimum absolute atomic E-state index is 0.281. The standard InChI is InChI=1S/C20H26FN3OS/c1-15-18(26-2)6-8-20(23-15)25-13-3-4-16-9-11-24(12-10-16)19-7-5-17(21)14-22-19/h5-8,14,16H,3-4,9-13H2,1-2H3. The number of anilines is 1. The zero-order valence-corrected chi connectivity index (χ0v) is 16.3. The van der Waals surface area contributed by atoms with Gasteiger partial charge in [-0.2, -0.15) is 0 Å². The fourth-order valence-corrected chi connectivity index (χ4v) is 3.92. The van der Waals surface area contributed by atoms with Crippen LogP contribution in [0.2, 0.25) is 0 Å². The molecule has 6 heteroatoms. The van der Waals surface area contributed by atoms with Crippen LogP contribution in [0.3, 0.4) is 0 Å². The SMILES string of the molecule is CSc1ccc(OCCCC2CCN(c3ccc(F)cn3)CC2)nc1C. The van der Waals surface area contributed by atoms with E-state index in [9.17, 15) is 4.39 Å². The summed E-state index contributed by atoms with van der Waals surface area (Å²) in [7, 11) is 0. The molecule has 0 bridgehead atoms. The van der Waals surface area contributed by atoms with Crippen molar-refractivity contribution in [3.05, 3.63) is 42.0 Å². The van der Waals surface area contributed by atoms with E-state index in [1.165, 1.54) is 23.6 Å². The number of ether oxygens (including phenoxy) is 1. The summed E-state index contributed by atoms with van der Waals surface area (Å²) >= 11 is 1.71. The van der Waals surface area contributed by atoms with Crippen LogP contribution in [0.5, 0.6) is 5.88 Å². The van der Waals surface area contributed by atoms with Gasteiger partial charge in [0.1, 0.15) is 11.6 Å². The zero-order valence-electron chi connectivity index (χ0n) is 15.4. The number of piperidine rings is 1. The molecule has 1 saturated heterocycles. The quantitative estimate of drug-likeness (QED) is 0.517. The van der Waals surface area contributed by atoms with E-state index in [4.69, 9.17) is 4.74 Å². The fourth-order valence-electron chi connectivity index (χ4n) is 3.38. The monoisotopic (exact) mass is 375 g/mol. The van der Waals surface area contributed by atoms with Gasteiger partial charge in [0.05, 0.1) is 18.5 Å². The van der Waals surface area contributed by atoms with Gasteiger partial charge in [0, 0.05) is 24.1 Å². The molecule has 3 heterocycles. The number of halogens is 1. The number of hydrogen-bond acceptors (Lipinski definition) is 5. The Morgan fingerprint density at radius 3 is 2.69 bits per heavy atom. The van der Waals surface area contributed by atoms with Gasteiger partial charge in [-0.1, -0.05) is 0 Å². The summed E-state index contributed by atoms with van der Waals surface area (Å²) < 4.78 is 18.8. The smallest absolute Gasteiger partial charge is 0.213 e. The molecule has 0 amide bonds. The highest BCUT2D eigenvalue weighted by Gasteiger charge is 2.19. The van der Waals surface area contributed by atoms with Crippen molar-refractivity contribution in [2.45, 2.75) is 37.5 Å². The Morgan fingerprint density at radius 1 is 1.23 bits per heavy atom. The number of hydrogen-bond donors (Lipinski definition) is 0. The van der Waals surface area contributed by atoms with E-state index in [0.29, 0.717) is 6.61 Å². The predicted molar refractivity (Wildman–Crippen MR) is 105 cm³/mol. The Kier molecular flexibility index (Phi) is 6.72. The molecule has 0 N–H and O–H groups in total. The molecule has 140 valence electrons. The van der Waals surface area contributed by atoms with Crippen molar-refractivity contribution in [2.24, 2.45) is 5.92 Å². The highest BCUT2D eigenvalue weighted by atomic mass is 32.2. The summed E-state index contributed by atoms with van der Waals surface area (Å²) in [4.78, 5) is 12.1. The molecule has 3 rings (SSSR count). The lowest BCUT2D eigenvalue weighted by molar-refractivity contribution is 0.270. The molecular weight excluding hydrogens is 349 g/mol. The van der Waals surface area contributed by atoms with Crippen LogP contribution in [0.25, 0.3) is 0 Å². The number of thioether (sulfide) groups is 1. The molecule has 1 aliphatic rings. The largest absolute Gasteiger partial charge is 0.478 e. The lowest BCUT2D eigenvalue weighted by Gasteiger charge is -2.32. The third-order valence-electron chi connectivity index (χ3n) is 4.89. The molecule has 0 radical (unpaired) electrons. The Labute approximate surface area is 159 Å². The van der Waals surface area contributed by atoms with Gasteiger partial charge in [-0.05, 0) is 63.0 Å². The summed E-state index contributed by atoms with van der Waals surface area (Å²) in [6.07, 6.45) is 7.87. The first kappa shape index (κ1) is 19.0. The average Bonchev–Trinajstić information content (AvgIpc) is 2.66. The zero-order chi connectivity index (χ0) is 18.4. The van der Waals surface area contributed by atoms with Crippen molar-refractivity contribution in [3.8, 4) is 5.88 Å². The molecule has 26 heavy (non-hydrogen) atoms. The maximum atomic E-state index is 13.0. The second-order valence-corrected chi connectivity index (χ2v) is 7.54. The first-order chi connectivity index (χ1) is 12.7. The predicted octanol–water partition coefficient (Wildman–Crippen LogP) is 4.72. The van der Waals surface area contributed by atoms with Crippen LogP contribution in [-0.2, 0) is 0 Å². The number of nitrogens with zero attached hydrogens (tertiary/aromatic N) is 3. The number of aromatic nitrogens is 2. The minimum Gasteiger partial charge on any atom is -0.478 e. The molecule has 0 aliphatic carbocycles. The van der Waals surface area contributed by atoms with Gasteiger partial charge in [0.15, 0.2) is 0 Å². The summed E-state index contributed by atoms with van der Waals surface area (Å²) in [6, 6.07) is 7.27. The van der Waals surface area contributed by atoms with Crippen LogP contribution >= 0.6 is 11.8 Å². The molecule has 2 aromatic rings. The Morgan fingerprint density at radius 2 is 2.04 bits per heavy atom.